The van der Waals surface area contributed by atoms with Gasteiger partial charge >= 0.3 is 0 Å². The number of hydrogen-bond donors (Lipinski definition) is 0. The smallest absolute Gasteiger partial charge is 0.222 e. The normalized spacial score (nSPS) is 17.1. The molecule has 1 saturated heterocycles. The maximum atomic E-state index is 13.9. The third-order valence-corrected chi connectivity index (χ3v) is 4.56. The Bertz CT molecular complexity index is 763. The number of rotatable bonds is 6. The molecule has 2 aromatic carbocycles. The average Bonchev–Trinajstić information content (AvgIpc) is 2.69. The number of hydrogen-bond acceptors (Lipinski definition) is 3. The molecule has 0 spiro atoms. The van der Waals surface area contributed by atoms with E-state index in [9.17, 15) is 14.0 Å². The minimum Gasteiger partial charge on any atom is -0.370 e. The van der Waals surface area contributed by atoms with Gasteiger partial charge in [0.2, 0.25) is 5.91 Å². The zero-order chi connectivity index (χ0) is 18.4. The third-order valence-electron chi connectivity index (χ3n) is 4.56. The molecule has 26 heavy (non-hydrogen) atoms. The zero-order valence-corrected chi connectivity index (χ0v) is 14.6. The minimum atomic E-state index is -0.445. The van der Waals surface area contributed by atoms with Crippen LogP contribution in [0.2, 0.25) is 0 Å². The first-order chi connectivity index (χ1) is 12.6. The first-order valence-electron chi connectivity index (χ1n) is 8.87. The number of morpholine rings is 1. The first-order valence-corrected chi connectivity index (χ1v) is 8.87. The molecular weight excluding hydrogens is 333 g/mol. The highest BCUT2D eigenvalue weighted by Crippen LogP contribution is 2.25. The van der Waals surface area contributed by atoms with E-state index in [0.29, 0.717) is 50.1 Å². The van der Waals surface area contributed by atoms with Crippen LogP contribution in [-0.2, 0) is 9.53 Å². The number of Topliss-reactive ketones (excluding diaryl/α,β-unsaturated/α-hetero) is 1. The molecule has 1 fully saturated rings. The standard InChI is InChI=1S/C21H22FNO3/c22-18-10-5-4-9-17(18)20-15-23(13-14-26-20)21(25)12-6-11-19(24)16-7-2-1-3-8-16/h1-5,7-10,20H,6,11-15H2. The van der Waals surface area contributed by atoms with Crippen LogP contribution in [0.5, 0.6) is 0 Å². The fourth-order valence-electron chi connectivity index (χ4n) is 3.13. The lowest BCUT2D eigenvalue weighted by atomic mass is 10.0. The van der Waals surface area contributed by atoms with Crippen molar-refractivity contribution >= 4 is 11.7 Å². The lowest BCUT2D eigenvalue weighted by Gasteiger charge is -2.33. The molecule has 3 rings (SSSR count). The second-order valence-corrected chi connectivity index (χ2v) is 6.36. The monoisotopic (exact) mass is 355 g/mol. The van der Waals surface area contributed by atoms with Crippen LogP contribution in [0.25, 0.3) is 0 Å². The lowest BCUT2D eigenvalue weighted by Crippen LogP contribution is -2.42. The van der Waals surface area contributed by atoms with Gasteiger partial charge in [-0.2, -0.15) is 0 Å². The number of ketones is 1. The molecule has 0 aliphatic carbocycles. The van der Waals surface area contributed by atoms with Crippen molar-refractivity contribution in [1.82, 2.24) is 4.90 Å². The van der Waals surface area contributed by atoms with Gasteiger partial charge in [-0.1, -0.05) is 48.5 Å². The number of nitrogens with zero attached hydrogens (tertiary/aromatic N) is 1. The second-order valence-electron chi connectivity index (χ2n) is 6.36. The van der Waals surface area contributed by atoms with Crippen LogP contribution >= 0.6 is 0 Å². The lowest BCUT2D eigenvalue weighted by molar-refractivity contribution is -0.139. The number of ether oxygens (including phenoxy) is 1. The molecule has 4 nitrogen and oxygen atoms in total. The number of carbonyl (C=O) groups excluding carboxylic acids is 2. The third kappa shape index (κ3) is 4.55. The Hall–Kier alpha value is -2.53. The molecule has 0 saturated carbocycles. The molecule has 1 aliphatic heterocycles. The van der Waals surface area contributed by atoms with E-state index in [4.69, 9.17) is 4.74 Å². The predicted octanol–water partition coefficient (Wildman–Crippen LogP) is 3.78. The van der Waals surface area contributed by atoms with E-state index in [-0.39, 0.29) is 17.5 Å². The van der Waals surface area contributed by atoms with Crippen molar-refractivity contribution in [2.75, 3.05) is 19.7 Å². The van der Waals surface area contributed by atoms with Crippen LogP contribution in [0.3, 0.4) is 0 Å². The molecule has 0 N–H and O–H groups in total. The molecule has 0 radical (unpaired) electrons. The molecule has 1 amide bonds. The van der Waals surface area contributed by atoms with Crippen LogP contribution < -0.4 is 0 Å². The van der Waals surface area contributed by atoms with E-state index >= 15 is 0 Å². The van der Waals surface area contributed by atoms with Crippen molar-refractivity contribution in [2.45, 2.75) is 25.4 Å². The molecule has 136 valence electrons. The highest BCUT2D eigenvalue weighted by molar-refractivity contribution is 5.96. The van der Waals surface area contributed by atoms with E-state index in [1.165, 1.54) is 6.07 Å². The Labute approximate surface area is 152 Å². The number of amides is 1. The van der Waals surface area contributed by atoms with Gasteiger partial charge < -0.3 is 9.64 Å². The topological polar surface area (TPSA) is 46.6 Å². The highest BCUT2D eigenvalue weighted by atomic mass is 19.1. The second kappa shape index (κ2) is 8.72. The SMILES string of the molecule is O=C(CCCC(=O)N1CCOC(c2ccccc2F)C1)c1ccccc1. The Morgan fingerprint density at radius 2 is 1.77 bits per heavy atom. The summed E-state index contributed by atoms with van der Waals surface area (Å²) >= 11 is 0. The van der Waals surface area contributed by atoms with Crippen LogP contribution in [-0.4, -0.2) is 36.3 Å². The summed E-state index contributed by atoms with van der Waals surface area (Å²) in [4.78, 5) is 26.2. The van der Waals surface area contributed by atoms with E-state index in [0.717, 1.165) is 0 Å². The van der Waals surface area contributed by atoms with Crippen LogP contribution in [0.15, 0.2) is 54.6 Å². The van der Waals surface area contributed by atoms with Gasteiger partial charge in [0.1, 0.15) is 11.9 Å². The Kier molecular flexibility index (Phi) is 6.12. The fourth-order valence-corrected chi connectivity index (χ4v) is 3.13. The first kappa shape index (κ1) is 18.3. The summed E-state index contributed by atoms with van der Waals surface area (Å²) in [6.45, 7) is 1.22. The minimum absolute atomic E-state index is 0.0181. The molecule has 1 heterocycles. The van der Waals surface area contributed by atoms with E-state index in [1.807, 2.05) is 18.2 Å². The molecule has 2 aromatic rings. The number of benzene rings is 2. The van der Waals surface area contributed by atoms with Gasteiger partial charge in [-0.25, -0.2) is 4.39 Å². The molecule has 0 aromatic heterocycles. The van der Waals surface area contributed by atoms with Crippen molar-refractivity contribution in [3.05, 3.63) is 71.5 Å². The largest absolute Gasteiger partial charge is 0.370 e. The highest BCUT2D eigenvalue weighted by Gasteiger charge is 2.26. The molecule has 5 heteroatoms. The summed E-state index contributed by atoms with van der Waals surface area (Å²) in [5.74, 6) is -0.291. The summed E-state index contributed by atoms with van der Waals surface area (Å²) in [5, 5.41) is 0. The van der Waals surface area contributed by atoms with Crippen molar-refractivity contribution < 1.29 is 18.7 Å². The Balaban J connectivity index is 1.50. The maximum absolute atomic E-state index is 13.9. The summed E-state index contributed by atoms with van der Waals surface area (Å²) in [6.07, 6.45) is 0.716. The Morgan fingerprint density at radius 3 is 2.54 bits per heavy atom. The maximum Gasteiger partial charge on any atom is 0.222 e. The van der Waals surface area contributed by atoms with Crippen molar-refractivity contribution in [2.24, 2.45) is 0 Å². The Morgan fingerprint density at radius 1 is 1.04 bits per heavy atom. The molecule has 1 unspecified atom stereocenters. The van der Waals surface area contributed by atoms with Crippen LogP contribution in [0.4, 0.5) is 4.39 Å². The predicted molar refractivity (Wildman–Crippen MR) is 96.3 cm³/mol. The quantitative estimate of drug-likeness (QED) is 0.741. The van der Waals surface area contributed by atoms with Crippen molar-refractivity contribution in [3.8, 4) is 0 Å². The van der Waals surface area contributed by atoms with Gasteiger partial charge in [-0.05, 0) is 12.5 Å². The number of carbonyl (C=O) groups is 2. The summed E-state index contributed by atoms with van der Waals surface area (Å²) in [5.41, 5.74) is 1.15. The molecule has 0 bridgehead atoms. The summed E-state index contributed by atoms with van der Waals surface area (Å²) < 4.78 is 19.6. The van der Waals surface area contributed by atoms with Gasteiger partial charge in [-0.3, -0.25) is 9.59 Å². The van der Waals surface area contributed by atoms with Gasteiger partial charge in [0, 0.05) is 30.5 Å². The van der Waals surface area contributed by atoms with E-state index in [2.05, 4.69) is 0 Å². The molecule has 1 atom stereocenters. The van der Waals surface area contributed by atoms with Crippen LogP contribution in [0, 0.1) is 5.82 Å². The van der Waals surface area contributed by atoms with Gasteiger partial charge in [0.15, 0.2) is 5.78 Å². The fraction of sp³-hybridized carbons (Fsp3) is 0.333. The summed E-state index contributed by atoms with van der Waals surface area (Å²) in [6, 6.07) is 15.6. The summed E-state index contributed by atoms with van der Waals surface area (Å²) in [7, 11) is 0. The van der Waals surface area contributed by atoms with Gasteiger partial charge in [-0.15, -0.1) is 0 Å². The average molecular weight is 355 g/mol. The van der Waals surface area contributed by atoms with Crippen molar-refractivity contribution in [3.63, 3.8) is 0 Å². The van der Waals surface area contributed by atoms with Crippen molar-refractivity contribution in [1.29, 1.82) is 0 Å². The number of halogens is 1. The van der Waals surface area contributed by atoms with Crippen LogP contribution in [0.1, 0.15) is 41.3 Å². The van der Waals surface area contributed by atoms with E-state index in [1.54, 1.807) is 35.2 Å². The van der Waals surface area contributed by atoms with Gasteiger partial charge in [0.05, 0.1) is 13.2 Å². The van der Waals surface area contributed by atoms with E-state index < -0.39 is 6.10 Å². The molecular formula is C21H22FNO3. The van der Waals surface area contributed by atoms with Gasteiger partial charge in [0.25, 0.3) is 0 Å². The zero-order valence-electron chi connectivity index (χ0n) is 14.6. The molecule has 1 aliphatic rings.